The molecule has 0 unspecified atom stereocenters. The third-order valence-electron chi connectivity index (χ3n) is 4.97. The Morgan fingerprint density at radius 3 is 2.87 bits per heavy atom. The van der Waals surface area contributed by atoms with Crippen molar-refractivity contribution in [1.82, 2.24) is 14.9 Å². The van der Waals surface area contributed by atoms with Gasteiger partial charge in [0.1, 0.15) is 10.8 Å². The number of hydrogen-bond acceptors (Lipinski definition) is 5. The van der Waals surface area contributed by atoms with E-state index in [2.05, 4.69) is 9.88 Å². The fraction of sp³-hybridized carbons (Fsp3) is 0.217. The standard InChI is InChI=1S/C23H22ClN3O3S/c1-15-18(22(28)25-9-11-29-2)12-21(27(15)13-16-6-5-10-30-16)20-14-31-23(26-20)17-7-3-4-8-19(17)24/h3-8,10,12,14H,9,11,13H2,1-2H3,(H,25,28). The van der Waals surface area contributed by atoms with Crippen molar-refractivity contribution in [3.05, 3.63) is 76.1 Å². The van der Waals surface area contributed by atoms with Crippen molar-refractivity contribution in [2.75, 3.05) is 20.3 Å². The highest BCUT2D eigenvalue weighted by Gasteiger charge is 2.21. The Kier molecular flexibility index (Phi) is 6.56. The van der Waals surface area contributed by atoms with Crippen molar-refractivity contribution in [3.63, 3.8) is 0 Å². The topological polar surface area (TPSA) is 69.3 Å². The minimum atomic E-state index is -0.143. The van der Waals surface area contributed by atoms with Crippen LogP contribution in [0, 0.1) is 6.92 Å². The first-order chi connectivity index (χ1) is 15.1. The maximum Gasteiger partial charge on any atom is 0.253 e. The van der Waals surface area contributed by atoms with Crippen molar-refractivity contribution in [2.45, 2.75) is 13.5 Å². The van der Waals surface area contributed by atoms with Crippen molar-refractivity contribution >= 4 is 28.8 Å². The number of nitrogens with one attached hydrogen (secondary N) is 1. The van der Waals surface area contributed by atoms with Gasteiger partial charge in [0.05, 0.1) is 41.4 Å². The molecule has 1 N–H and O–H groups in total. The van der Waals surface area contributed by atoms with E-state index in [4.69, 9.17) is 25.7 Å². The number of amides is 1. The lowest BCUT2D eigenvalue weighted by molar-refractivity contribution is 0.0936. The average molecular weight is 456 g/mol. The number of ether oxygens (including phenoxy) is 1. The van der Waals surface area contributed by atoms with Gasteiger partial charge in [0, 0.05) is 30.3 Å². The summed E-state index contributed by atoms with van der Waals surface area (Å²) in [6.45, 7) is 3.33. The van der Waals surface area contributed by atoms with Crippen LogP contribution in [-0.4, -0.2) is 35.7 Å². The van der Waals surface area contributed by atoms with Crippen molar-refractivity contribution in [2.24, 2.45) is 0 Å². The molecule has 1 amide bonds. The van der Waals surface area contributed by atoms with Crippen LogP contribution < -0.4 is 5.32 Å². The van der Waals surface area contributed by atoms with Crippen LogP contribution in [0.3, 0.4) is 0 Å². The molecule has 160 valence electrons. The van der Waals surface area contributed by atoms with E-state index in [1.807, 2.05) is 54.8 Å². The van der Waals surface area contributed by atoms with Crippen LogP contribution in [0.1, 0.15) is 21.8 Å². The van der Waals surface area contributed by atoms with Gasteiger partial charge in [0.2, 0.25) is 0 Å². The third-order valence-corrected chi connectivity index (χ3v) is 6.17. The third kappa shape index (κ3) is 4.58. The second kappa shape index (κ2) is 9.51. The van der Waals surface area contributed by atoms with Crippen molar-refractivity contribution in [3.8, 4) is 22.0 Å². The van der Waals surface area contributed by atoms with Gasteiger partial charge < -0.3 is 19.0 Å². The van der Waals surface area contributed by atoms with E-state index < -0.39 is 0 Å². The second-order valence-electron chi connectivity index (χ2n) is 6.96. The van der Waals surface area contributed by atoms with Crippen LogP contribution in [0.5, 0.6) is 0 Å². The number of carbonyl (C=O) groups is 1. The summed E-state index contributed by atoms with van der Waals surface area (Å²) in [6, 6.07) is 13.3. The van der Waals surface area contributed by atoms with Gasteiger partial charge in [-0.25, -0.2) is 4.98 Å². The number of hydrogen-bond donors (Lipinski definition) is 1. The lowest BCUT2D eigenvalue weighted by atomic mass is 10.2. The molecule has 0 spiro atoms. The summed E-state index contributed by atoms with van der Waals surface area (Å²) in [6.07, 6.45) is 1.64. The molecular weight excluding hydrogens is 434 g/mol. The number of aromatic nitrogens is 2. The predicted octanol–water partition coefficient (Wildman–Crippen LogP) is 5.26. The normalized spacial score (nSPS) is 11.1. The van der Waals surface area contributed by atoms with Gasteiger partial charge in [0.25, 0.3) is 5.91 Å². The fourth-order valence-electron chi connectivity index (χ4n) is 3.36. The van der Waals surface area contributed by atoms with Gasteiger partial charge in [-0.05, 0) is 31.2 Å². The van der Waals surface area contributed by atoms with Gasteiger partial charge in [-0.2, -0.15) is 0 Å². The molecule has 4 aromatic rings. The van der Waals surface area contributed by atoms with Crippen molar-refractivity contribution in [1.29, 1.82) is 0 Å². The fourth-order valence-corrected chi connectivity index (χ4v) is 4.49. The van der Waals surface area contributed by atoms with Gasteiger partial charge in [-0.1, -0.05) is 29.8 Å². The Morgan fingerprint density at radius 2 is 2.13 bits per heavy atom. The Bertz CT molecular complexity index is 1180. The molecule has 0 fully saturated rings. The van der Waals surface area contributed by atoms with Crippen LogP contribution in [-0.2, 0) is 11.3 Å². The molecule has 0 aliphatic rings. The zero-order valence-corrected chi connectivity index (χ0v) is 18.8. The predicted molar refractivity (Wildman–Crippen MR) is 123 cm³/mol. The summed E-state index contributed by atoms with van der Waals surface area (Å²) in [5, 5.41) is 6.36. The summed E-state index contributed by atoms with van der Waals surface area (Å²) in [5.74, 6) is 0.656. The van der Waals surface area contributed by atoms with Gasteiger partial charge in [0.15, 0.2) is 0 Å². The Morgan fingerprint density at radius 1 is 1.29 bits per heavy atom. The zero-order chi connectivity index (χ0) is 21.8. The summed E-state index contributed by atoms with van der Waals surface area (Å²) < 4.78 is 12.6. The molecule has 0 bridgehead atoms. The number of halogens is 1. The summed E-state index contributed by atoms with van der Waals surface area (Å²) in [5.41, 5.74) is 3.96. The summed E-state index contributed by atoms with van der Waals surface area (Å²) in [7, 11) is 1.61. The molecule has 0 saturated carbocycles. The van der Waals surface area contributed by atoms with Crippen LogP contribution in [0.15, 0.2) is 58.5 Å². The average Bonchev–Trinajstić information content (AvgIpc) is 3.51. The molecule has 31 heavy (non-hydrogen) atoms. The highest BCUT2D eigenvalue weighted by atomic mass is 35.5. The zero-order valence-electron chi connectivity index (χ0n) is 17.2. The molecular formula is C23H22ClN3O3S. The van der Waals surface area contributed by atoms with E-state index in [9.17, 15) is 4.79 Å². The Hall–Kier alpha value is -2.87. The minimum Gasteiger partial charge on any atom is -0.467 e. The quantitative estimate of drug-likeness (QED) is 0.368. The van der Waals surface area contributed by atoms with E-state index in [0.29, 0.717) is 30.3 Å². The highest BCUT2D eigenvalue weighted by molar-refractivity contribution is 7.13. The first kappa shape index (κ1) is 21.4. The van der Waals surface area contributed by atoms with E-state index in [1.165, 1.54) is 11.3 Å². The monoisotopic (exact) mass is 455 g/mol. The van der Waals surface area contributed by atoms with Gasteiger partial charge >= 0.3 is 0 Å². The van der Waals surface area contributed by atoms with Crippen LogP contribution >= 0.6 is 22.9 Å². The van der Waals surface area contributed by atoms with Crippen LogP contribution in [0.4, 0.5) is 0 Å². The van der Waals surface area contributed by atoms with Gasteiger partial charge in [-0.15, -0.1) is 11.3 Å². The Balaban J connectivity index is 1.73. The van der Waals surface area contributed by atoms with E-state index in [1.54, 1.807) is 13.4 Å². The smallest absolute Gasteiger partial charge is 0.253 e. The van der Waals surface area contributed by atoms with Gasteiger partial charge in [-0.3, -0.25) is 4.79 Å². The van der Waals surface area contributed by atoms with E-state index >= 15 is 0 Å². The van der Waals surface area contributed by atoms with Crippen LogP contribution in [0.25, 0.3) is 22.0 Å². The second-order valence-corrected chi connectivity index (χ2v) is 8.23. The first-order valence-corrected chi connectivity index (χ1v) is 11.0. The first-order valence-electron chi connectivity index (χ1n) is 9.79. The molecule has 4 rings (SSSR count). The number of benzene rings is 1. The lowest BCUT2D eigenvalue weighted by Gasteiger charge is -2.09. The number of methoxy groups -OCH3 is 1. The molecule has 0 radical (unpaired) electrons. The maximum absolute atomic E-state index is 12.8. The molecule has 6 nitrogen and oxygen atoms in total. The lowest BCUT2D eigenvalue weighted by Crippen LogP contribution is -2.27. The summed E-state index contributed by atoms with van der Waals surface area (Å²) >= 11 is 7.88. The van der Waals surface area contributed by atoms with Crippen LogP contribution in [0.2, 0.25) is 5.02 Å². The molecule has 0 aliphatic carbocycles. The molecule has 0 atom stereocenters. The summed E-state index contributed by atoms with van der Waals surface area (Å²) in [4.78, 5) is 17.6. The maximum atomic E-state index is 12.8. The molecule has 0 aliphatic heterocycles. The molecule has 0 saturated heterocycles. The number of thiazole rings is 1. The number of furan rings is 1. The van der Waals surface area contributed by atoms with Crippen molar-refractivity contribution < 1.29 is 13.9 Å². The van der Waals surface area contributed by atoms with E-state index in [-0.39, 0.29) is 5.91 Å². The van der Waals surface area contributed by atoms with E-state index in [0.717, 1.165) is 33.4 Å². The Labute approximate surface area is 189 Å². The number of carbonyl (C=O) groups excluding carboxylic acids is 1. The molecule has 8 heteroatoms. The number of nitrogens with zero attached hydrogens (tertiary/aromatic N) is 2. The highest BCUT2D eigenvalue weighted by Crippen LogP contribution is 2.34. The molecule has 3 aromatic heterocycles. The number of rotatable bonds is 8. The molecule has 3 heterocycles. The minimum absolute atomic E-state index is 0.143. The molecule has 1 aromatic carbocycles. The largest absolute Gasteiger partial charge is 0.467 e. The SMILES string of the molecule is COCCNC(=O)c1cc(-c2csc(-c3ccccc3Cl)n2)n(Cc2ccco2)c1C.